The molecule has 24 heavy (non-hydrogen) atoms. The molecule has 0 amide bonds. The zero-order valence-corrected chi connectivity index (χ0v) is 14.3. The van der Waals surface area contributed by atoms with Crippen LogP contribution >= 0.6 is 11.6 Å². The Morgan fingerprint density at radius 3 is 2.75 bits per heavy atom. The molecule has 2 aromatic rings. The van der Waals surface area contributed by atoms with E-state index in [1.54, 1.807) is 0 Å². The molecule has 130 valence electrons. The summed E-state index contributed by atoms with van der Waals surface area (Å²) in [4.78, 5) is 5.72. The molecule has 0 radical (unpaired) electrons. The molecular formula is C18H23ClN2O3. The van der Waals surface area contributed by atoms with E-state index in [2.05, 4.69) is 9.88 Å². The molecular weight excluding hydrogens is 328 g/mol. The number of benzene rings is 1. The lowest BCUT2D eigenvalue weighted by molar-refractivity contribution is -0.214. The van der Waals surface area contributed by atoms with Crippen LogP contribution in [-0.4, -0.2) is 57.6 Å². The van der Waals surface area contributed by atoms with Gasteiger partial charge in [0.2, 0.25) is 0 Å². The number of hydrogen-bond acceptors (Lipinski definition) is 4. The quantitative estimate of drug-likeness (QED) is 0.777. The van der Waals surface area contributed by atoms with Crippen LogP contribution in [0.3, 0.4) is 0 Å². The van der Waals surface area contributed by atoms with Crippen molar-refractivity contribution in [1.82, 2.24) is 9.88 Å². The van der Waals surface area contributed by atoms with Gasteiger partial charge in [-0.05, 0) is 25.3 Å². The van der Waals surface area contributed by atoms with Gasteiger partial charge >= 0.3 is 0 Å². The number of aromatic amines is 1. The van der Waals surface area contributed by atoms with Crippen molar-refractivity contribution >= 4 is 22.5 Å². The summed E-state index contributed by atoms with van der Waals surface area (Å²) in [5, 5.41) is 22.1. The SMILES string of the molecule is O[C@H]1CCOC2(CCN(Cc3[nH]c4ccccc4c3Cl)CC2)[C@H]1O. The van der Waals surface area contributed by atoms with E-state index in [0.717, 1.165) is 54.1 Å². The van der Waals surface area contributed by atoms with Gasteiger partial charge in [-0.2, -0.15) is 0 Å². The second kappa shape index (κ2) is 6.32. The second-order valence-electron chi connectivity index (χ2n) is 6.95. The van der Waals surface area contributed by atoms with Crippen LogP contribution < -0.4 is 0 Å². The number of halogens is 1. The van der Waals surface area contributed by atoms with Crippen LogP contribution in [0.2, 0.25) is 5.02 Å². The van der Waals surface area contributed by atoms with E-state index >= 15 is 0 Å². The molecule has 1 aromatic carbocycles. The molecule has 1 spiro atoms. The van der Waals surface area contributed by atoms with Crippen molar-refractivity contribution in [2.24, 2.45) is 0 Å². The van der Waals surface area contributed by atoms with Gasteiger partial charge in [0.05, 0.1) is 23.3 Å². The third-order valence-electron chi connectivity index (χ3n) is 5.50. The fourth-order valence-electron chi connectivity index (χ4n) is 4.00. The highest BCUT2D eigenvalue weighted by Gasteiger charge is 2.47. The zero-order chi connectivity index (χ0) is 16.7. The molecule has 1 aromatic heterocycles. The van der Waals surface area contributed by atoms with Crippen molar-refractivity contribution in [2.75, 3.05) is 19.7 Å². The summed E-state index contributed by atoms with van der Waals surface area (Å²) in [7, 11) is 0. The average Bonchev–Trinajstić information content (AvgIpc) is 2.91. The van der Waals surface area contributed by atoms with E-state index in [9.17, 15) is 10.2 Å². The monoisotopic (exact) mass is 350 g/mol. The minimum atomic E-state index is -0.787. The third-order valence-corrected chi connectivity index (χ3v) is 5.94. The maximum atomic E-state index is 10.3. The lowest BCUT2D eigenvalue weighted by Crippen LogP contribution is -2.59. The molecule has 2 saturated heterocycles. The zero-order valence-electron chi connectivity index (χ0n) is 13.5. The Labute approximate surface area is 146 Å². The lowest BCUT2D eigenvalue weighted by Gasteiger charge is -2.48. The smallest absolute Gasteiger partial charge is 0.109 e. The number of aromatic nitrogens is 1. The minimum Gasteiger partial charge on any atom is -0.390 e. The summed E-state index contributed by atoms with van der Waals surface area (Å²) >= 11 is 6.51. The van der Waals surface area contributed by atoms with Gasteiger partial charge in [0.25, 0.3) is 0 Å². The number of likely N-dealkylation sites (tertiary alicyclic amines) is 1. The molecule has 0 unspecified atom stereocenters. The average molecular weight is 351 g/mol. The molecule has 5 nitrogen and oxygen atoms in total. The van der Waals surface area contributed by atoms with E-state index in [1.165, 1.54) is 0 Å². The number of para-hydroxylation sites is 1. The highest BCUT2D eigenvalue weighted by Crippen LogP contribution is 2.36. The number of hydrogen-bond donors (Lipinski definition) is 3. The summed E-state index contributed by atoms with van der Waals surface area (Å²) in [6, 6.07) is 8.04. The van der Waals surface area contributed by atoms with E-state index in [4.69, 9.17) is 16.3 Å². The highest BCUT2D eigenvalue weighted by atomic mass is 35.5. The molecule has 0 aliphatic carbocycles. The molecule has 2 fully saturated rings. The Morgan fingerprint density at radius 2 is 2.00 bits per heavy atom. The standard InChI is InChI=1S/C18H23ClN2O3/c19-16-12-3-1-2-4-13(12)20-14(16)11-21-8-6-18(7-9-21)17(23)15(22)5-10-24-18/h1-4,15,17,20,22-23H,5-11H2/t15-,17-/m0/s1. The van der Waals surface area contributed by atoms with Crippen molar-refractivity contribution in [3.05, 3.63) is 35.0 Å². The van der Waals surface area contributed by atoms with Crippen LogP contribution in [0.5, 0.6) is 0 Å². The molecule has 4 rings (SSSR count). The van der Waals surface area contributed by atoms with Crippen LogP contribution in [0.15, 0.2) is 24.3 Å². The third kappa shape index (κ3) is 2.74. The number of nitrogens with one attached hydrogen (secondary N) is 1. The first-order chi connectivity index (χ1) is 11.6. The van der Waals surface area contributed by atoms with E-state index < -0.39 is 17.8 Å². The molecule has 0 bridgehead atoms. The van der Waals surface area contributed by atoms with Crippen LogP contribution in [-0.2, 0) is 11.3 Å². The Balaban J connectivity index is 1.45. The van der Waals surface area contributed by atoms with Crippen LogP contribution in [0.25, 0.3) is 10.9 Å². The number of H-pyrrole nitrogens is 1. The number of aliphatic hydroxyl groups excluding tert-OH is 2. The number of nitrogens with zero attached hydrogens (tertiary/aromatic N) is 1. The summed E-state index contributed by atoms with van der Waals surface area (Å²) < 4.78 is 5.89. The maximum Gasteiger partial charge on any atom is 0.109 e. The van der Waals surface area contributed by atoms with Gasteiger partial charge in [-0.3, -0.25) is 4.90 Å². The molecule has 2 aliphatic rings. The fraction of sp³-hybridized carbons (Fsp3) is 0.556. The van der Waals surface area contributed by atoms with E-state index in [1.807, 2.05) is 24.3 Å². The van der Waals surface area contributed by atoms with Crippen LogP contribution in [0, 0.1) is 0 Å². The Hall–Kier alpha value is -1.11. The maximum absolute atomic E-state index is 10.3. The summed E-state index contributed by atoms with van der Waals surface area (Å²) in [5.74, 6) is 0. The summed E-state index contributed by atoms with van der Waals surface area (Å²) in [5.41, 5.74) is 1.50. The highest BCUT2D eigenvalue weighted by molar-refractivity contribution is 6.36. The van der Waals surface area contributed by atoms with Gasteiger partial charge < -0.3 is 19.9 Å². The van der Waals surface area contributed by atoms with E-state index in [0.29, 0.717) is 13.0 Å². The molecule has 2 atom stereocenters. The number of rotatable bonds is 2. The molecule has 6 heteroatoms. The first-order valence-electron chi connectivity index (χ1n) is 8.57. The van der Waals surface area contributed by atoms with Crippen LogP contribution in [0.1, 0.15) is 25.0 Å². The molecule has 3 N–H and O–H groups in total. The van der Waals surface area contributed by atoms with Crippen molar-refractivity contribution < 1.29 is 14.9 Å². The van der Waals surface area contributed by atoms with Crippen molar-refractivity contribution in [2.45, 2.75) is 43.6 Å². The number of fused-ring (bicyclic) bond motifs is 1. The van der Waals surface area contributed by atoms with Gasteiger partial charge in [-0.25, -0.2) is 0 Å². The Kier molecular flexibility index (Phi) is 4.31. The van der Waals surface area contributed by atoms with Crippen molar-refractivity contribution in [1.29, 1.82) is 0 Å². The largest absolute Gasteiger partial charge is 0.390 e. The predicted molar refractivity (Wildman–Crippen MR) is 93.1 cm³/mol. The fourth-order valence-corrected chi connectivity index (χ4v) is 4.27. The van der Waals surface area contributed by atoms with Crippen molar-refractivity contribution in [3.63, 3.8) is 0 Å². The summed E-state index contributed by atoms with van der Waals surface area (Å²) in [6.07, 6.45) is 0.502. The lowest BCUT2D eigenvalue weighted by atomic mass is 9.80. The van der Waals surface area contributed by atoms with Gasteiger partial charge in [0.1, 0.15) is 6.10 Å². The van der Waals surface area contributed by atoms with Crippen molar-refractivity contribution in [3.8, 4) is 0 Å². The first-order valence-corrected chi connectivity index (χ1v) is 8.94. The second-order valence-corrected chi connectivity index (χ2v) is 7.33. The Morgan fingerprint density at radius 1 is 1.25 bits per heavy atom. The van der Waals surface area contributed by atoms with Gasteiger partial charge in [-0.15, -0.1) is 0 Å². The molecule has 0 saturated carbocycles. The summed E-state index contributed by atoms with van der Waals surface area (Å²) in [6.45, 7) is 2.90. The Bertz CT molecular complexity index is 724. The van der Waals surface area contributed by atoms with Crippen LogP contribution in [0.4, 0.5) is 0 Å². The van der Waals surface area contributed by atoms with Gasteiger partial charge in [0.15, 0.2) is 0 Å². The van der Waals surface area contributed by atoms with Gasteiger partial charge in [0, 0.05) is 36.2 Å². The normalized spacial score (nSPS) is 27.8. The number of piperidine rings is 1. The molecule has 2 aliphatic heterocycles. The topological polar surface area (TPSA) is 68.7 Å². The minimum absolute atomic E-state index is 0.511. The first kappa shape index (κ1) is 16.4. The van der Waals surface area contributed by atoms with E-state index in [-0.39, 0.29) is 0 Å². The van der Waals surface area contributed by atoms with Gasteiger partial charge in [-0.1, -0.05) is 29.8 Å². The molecule has 3 heterocycles. The predicted octanol–water partition coefficient (Wildman–Crippen LogP) is 2.30. The number of ether oxygens (including phenoxy) is 1. The number of aliphatic hydroxyl groups is 2.